The number of methoxy groups -OCH3 is 1. The number of hydrogen-bond acceptors (Lipinski definition) is 6. The molecule has 26 heavy (non-hydrogen) atoms. The Morgan fingerprint density at radius 2 is 1.96 bits per heavy atom. The second kappa shape index (κ2) is 7.45. The second-order valence-electron chi connectivity index (χ2n) is 5.44. The summed E-state index contributed by atoms with van der Waals surface area (Å²) in [4.78, 5) is 0.157. The molecule has 0 atom stereocenters. The van der Waals surface area contributed by atoms with Crippen molar-refractivity contribution in [3.63, 3.8) is 0 Å². The first kappa shape index (κ1) is 18.4. The number of benzene rings is 2. The third-order valence-corrected chi connectivity index (χ3v) is 5.55. The highest BCUT2D eigenvalue weighted by molar-refractivity contribution is 7.89. The van der Waals surface area contributed by atoms with E-state index in [1.807, 2.05) is 0 Å². The van der Waals surface area contributed by atoms with Gasteiger partial charge in [-0.3, -0.25) is 0 Å². The molecule has 0 spiro atoms. The van der Waals surface area contributed by atoms with Gasteiger partial charge in [-0.05, 0) is 42.8 Å². The minimum atomic E-state index is -3.74. The van der Waals surface area contributed by atoms with Gasteiger partial charge in [0.15, 0.2) is 0 Å². The van der Waals surface area contributed by atoms with Crippen LogP contribution in [0.1, 0.15) is 11.5 Å². The molecule has 0 fully saturated rings. The third-order valence-electron chi connectivity index (χ3n) is 3.66. The molecular weight excluding hydrogens is 378 g/mol. The minimum Gasteiger partial charge on any atom is -0.497 e. The summed E-state index contributed by atoms with van der Waals surface area (Å²) >= 11 is 6.09. The molecule has 136 valence electrons. The maximum atomic E-state index is 12.5. The summed E-state index contributed by atoms with van der Waals surface area (Å²) in [5.41, 5.74) is 1.15. The summed E-state index contributed by atoms with van der Waals surface area (Å²) < 4.78 is 38.0. The van der Waals surface area contributed by atoms with Crippen molar-refractivity contribution in [3.8, 4) is 17.2 Å². The van der Waals surface area contributed by atoms with E-state index in [2.05, 4.69) is 14.9 Å². The van der Waals surface area contributed by atoms with E-state index in [-0.39, 0.29) is 23.2 Å². The van der Waals surface area contributed by atoms with Gasteiger partial charge in [0.1, 0.15) is 5.75 Å². The monoisotopic (exact) mass is 393 g/mol. The molecule has 9 heteroatoms. The molecule has 0 aliphatic rings. The van der Waals surface area contributed by atoms with Crippen LogP contribution in [0.3, 0.4) is 0 Å². The standard InChI is InChI=1S/C17H16ClN3O4S/c1-11-9-12(24-2)7-8-15(11)26(22,23)19-10-16-20-21-17(25-16)13-5-3-4-6-14(13)18/h3-9,19H,10H2,1-2H3. The van der Waals surface area contributed by atoms with Crippen LogP contribution in [0.5, 0.6) is 5.75 Å². The summed E-state index contributed by atoms with van der Waals surface area (Å²) in [6.07, 6.45) is 0. The molecule has 0 bridgehead atoms. The quantitative estimate of drug-likeness (QED) is 0.691. The normalized spacial score (nSPS) is 11.5. The Labute approximate surface area is 156 Å². The lowest BCUT2D eigenvalue weighted by Crippen LogP contribution is -2.24. The Bertz CT molecular complexity index is 1030. The number of ether oxygens (including phenoxy) is 1. The van der Waals surface area contributed by atoms with Crippen LogP contribution in [0.15, 0.2) is 51.8 Å². The van der Waals surface area contributed by atoms with Gasteiger partial charge in [0.25, 0.3) is 0 Å². The van der Waals surface area contributed by atoms with Crippen LogP contribution in [-0.4, -0.2) is 25.7 Å². The molecule has 1 N–H and O–H groups in total. The second-order valence-corrected chi connectivity index (χ2v) is 7.58. The van der Waals surface area contributed by atoms with Crippen LogP contribution in [0.25, 0.3) is 11.5 Å². The van der Waals surface area contributed by atoms with E-state index in [4.69, 9.17) is 20.8 Å². The molecule has 0 amide bonds. The zero-order valence-corrected chi connectivity index (χ0v) is 15.6. The SMILES string of the molecule is COc1ccc(S(=O)(=O)NCc2nnc(-c3ccccc3Cl)o2)c(C)c1. The van der Waals surface area contributed by atoms with E-state index >= 15 is 0 Å². The van der Waals surface area contributed by atoms with E-state index in [1.54, 1.807) is 43.3 Å². The van der Waals surface area contributed by atoms with Crippen molar-refractivity contribution in [1.82, 2.24) is 14.9 Å². The van der Waals surface area contributed by atoms with Gasteiger partial charge in [0.2, 0.25) is 21.8 Å². The highest BCUT2D eigenvalue weighted by Crippen LogP contribution is 2.26. The lowest BCUT2D eigenvalue weighted by Gasteiger charge is -2.09. The Morgan fingerprint density at radius 1 is 1.19 bits per heavy atom. The van der Waals surface area contributed by atoms with Crippen molar-refractivity contribution in [3.05, 3.63) is 58.9 Å². The minimum absolute atomic E-state index is 0.134. The highest BCUT2D eigenvalue weighted by atomic mass is 35.5. The number of aryl methyl sites for hydroxylation is 1. The fraction of sp³-hybridized carbons (Fsp3) is 0.176. The summed E-state index contributed by atoms with van der Waals surface area (Å²) in [6.45, 7) is 1.56. The van der Waals surface area contributed by atoms with Crippen LogP contribution in [0.2, 0.25) is 5.02 Å². The van der Waals surface area contributed by atoms with E-state index in [0.717, 1.165) is 0 Å². The molecule has 2 aromatic carbocycles. The number of rotatable bonds is 6. The van der Waals surface area contributed by atoms with Crippen molar-refractivity contribution in [2.24, 2.45) is 0 Å². The Kier molecular flexibility index (Phi) is 5.26. The van der Waals surface area contributed by atoms with Crippen molar-refractivity contribution >= 4 is 21.6 Å². The molecule has 0 unspecified atom stereocenters. The zero-order chi connectivity index (χ0) is 18.7. The van der Waals surface area contributed by atoms with Gasteiger partial charge in [-0.1, -0.05) is 23.7 Å². The summed E-state index contributed by atoms with van der Waals surface area (Å²) in [5, 5.41) is 8.24. The first-order valence-corrected chi connectivity index (χ1v) is 9.48. The van der Waals surface area contributed by atoms with E-state index in [0.29, 0.717) is 21.9 Å². The third kappa shape index (κ3) is 3.87. The topological polar surface area (TPSA) is 94.3 Å². The van der Waals surface area contributed by atoms with Gasteiger partial charge in [-0.2, -0.15) is 0 Å². The summed E-state index contributed by atoms with van der Waals surface area (Å²) in [6, 6.07) is 11.7. The van der Waals surface area contributed by atoms with Crippen LogP contribution in [0, 0.1) is 6.92 Å². The average Bonchev–Trinajstić information content (AvgIpc) is 3.09. The number of nitrogens with zero attached hydrogens (tertiary/aromatic N) is 2. The number of sulfonamides is 1. The van der Waals surface area contributed by atoms with Gasteiger partial charge in [-0.15, -0.1) is 10.2 Å². The first-order valence-electron chi connectivity index (χ1n) is 7.62. The zero-order valence-electron chi connectivity index (χ0n) is 14.1. The molecule has 0 radical (unpaired) electrons. The van der Waals surface area contributed by atoms with Crippen molar-refractivity contribution in [2.45, 2.75) is 18.4 Å². The average molecular weight is 394 g/mol. The molecule has 3 rings (SSSR count). The predicted molar refractivity (Wildman–Crippen MR) is 96.5 cm³/mol. The molecule has 1 heterocycles. The molecule has 1 aromatic heterocycles. The van der Waals surface area contributed by atoms with Crippen molar-refractivity contribution < 1.29 is 17.6 Å². The fourth-order valence-corrected chi connectivity index (χ4v) is 3.77. The van der Waals surface area contributed by atoms with Crippen LogP contribution in [-0.2, 0) is 16.6 Å². The molecular formula is C17H16ClN3O4S. The first-order chi connectivity index (χ1) is 12.4. The summed E-state index contributed by atoms with van der Waals surface area (Å²) in [5.74, 6) is 0.947. The number of halogens is 1. The smallest absolute Gasteiger partial charge is 0.249 e. The van der Waals surface area contributed by atoms with Gasteiger partial charge in [0, 0.05) is 0 Å². The van der Waals surface area contributed by atoms with Crippen molar-refractivity contribution in [2.75, 3.05) is 7.11 Å². The van der Waals surface area contributed by atoms with Gasteiger partial charge in [0.05, 0.1) is 29.1 Å². The van der Waals surface area contributed by atoms with Crippen molar-refractivity contribution in [1.29, 1.82) is 0 Å². The van der Waals surface area contributed by atoms with Gasteiger partial charge in [-0.25, -0.2) is 13.1 Å². The molecule has 3 aromatic rings. The Balaban J connectivity index is 1.76. The van der Waals surface area contributed by atoms with Gasteiger partial charge >= 0.3 is 0 Å². The molecule has 0 aliphatic heterocycles. The molecule has 0 aliphatic carbocycles. The Hall–Kier alpha value is -2.42. The summed E-state index contributed by atoms with van der Waals surface area (Å²) in [7, 11) is -2.22. The molecule has 0 saturated carbocycles. The van der Waals surface area contributed by atoms with Gasteiger partial charge < -0.3 is 9.15 Å². The maximum Gasteiger partial charge on any atom is 0.249 e. The van der Waals surface area contributed by atoms with Crippen LogP contribution in [0.4, 0.5) is 0 Å². The number of nitrogens with one attached hydrogen (secondary N) is 1. The largest absolute Gasteiger partial charge is 0.497 e. The lowest BCUT2D eigenvalue weighted by atomic mass is 10.2. The lowest BCUT2D eigenvalue weighted by molar-refractivity contribution is 0.414. The fourth-order valence-electron chi connectivity index (χ4n) is 2.35. The van der Waals surface area contributed by atoms with E-state index < -0.39 is 10.0 Å². The number of aromatic nitrogens is 2. The highest BCUT2D eigenvalue weighted by Gasteiger charge is 2.19. The molecule has 7 nitrogen and oxygen atoms in total. The van der Waals surface area contributed by atoms with Crippen LogP contribution >= 0.6 is 11.6 Å². The van der Waals surface area contributed by atoms with Crippen LogP contribution < -0.4 is 9.46 Å². The maximum absolute atomic E-state index is 12.5. The van der Waals surface area contributed by atoms with E-state index in [1.165, 1.54) is 13.2 Å². The Morgan fingerprint density at radius 3 is 2.65 bits per heavy atom. The van der Waals surface area contributed by atoms with E-state index in [9.17, 15) is 8.42 Å². The predicted octanol–water partition coefficient (Wildman–Crippen LogP) is 3.19. The molecule has 0 saturated heterocycles. The number of hydrogen-bond donors (Lipinski definition) is 1.